The van der Waals surface area contributed by atoms with Gasteiger partial charge in [0.1, 0.15) is 23.5 Å². The highest BCUT2D eigenvalue weighted by molar-refractivity contribution is 6.35. The van der Waals surface area contributed by atoms with E-state index in [0.29, 0.717) is 16.6 Å². The summed E-state index contributed by atoms with van der Waals surface area (Å²) in [6, 6.07) is 12.0. The van der Waals surface area contributed by atoms with Crippen LogP contribution in [0.4, 0.5) is 0 Å². The zero-order chi connectivity index (χ0) is 24.0. The highest BCUT2D eigenvalue weighted by atomic mass is 35.5. The largest absolute Gasteiger partial charge is 0.484 e. The predicted molar refractivity (Wildman–Crippen MR) is 134 cm³/mol. The Bertz CT molecular complexity index is 1180. The second-order valence-electron chi connectivity index (χ2n) is 9.51. The number of benzene rings is 2. The Balaban J connectivity index is 1.45. The Hall–Kier alpha value is -2.12. The number of halogens is 2. The molecule has 8 heteroatoms. The highest BCUT2D eigenvalue weighted by Gasteiger charge is 2.41. The molecule has 1 aliphatic carbocycles. The highest BCUT2D eigenvalue weighted by Crippen LogP contribution is 2.43. The molecule has 2 aromatic carbocycles. The molecule has 1 aliphatic heterocycles. The van der Waals surface area contributed by atoms with E-state index in [9.17, 15) is 5.11 Å². The second kappa shape index (κ2) is 9.50. The third-order valence-corrected chi connectivity index (χ3v) is 7.43. The molecule has 6 nitrogen and oxygen atoms in total. The summed E-state index contributed by atoms with van der Waals surface area (Å²) >= 11 is 12.9. The van der Waals surface area contributed by atoms with Crippen LogP contribution in [0.1, 0.15) is 62.0 Å². The summed E-state index contributed by atoms with van der Waals surface area (Å²) in [6.07, 6.45) is 1.85. The molecule has 0 saturated carbocycles. The summed E-state index contributed by atoms with van der Waals surface area (Å²) in [5.74, 6) is 2.94. The first-order valence-electron chi connectivity index (χ1n) is 12.0. The number of aromatic nitrogens is 3. The first-order chi connectivity index (χ1) is 16.4. The average molecular weight is 501 g/mol. The van der Waals surface area contributed by atoms with E-state index in [1.54, 1.807) is 6.07 Å². The van der Waals surface area contributed by atoms with Crippen molar-refractivity contribution in [2.24, 2.45) is 0 Å². The molecule has 180 valence electrons. The second-order valence-corrected chi connectivity index (χ2v) is 10.4. The van der Waals surface area contributed by atoms with E-state index in [4.69, 9.17) is 27.9 Å². The molecule has 2 heterocycles. The molecular weight excluding hydrogens is 471 g/mol. The number of fused-ring (bicyclic) bond motifs is 1. The van der Waals surface area contributed by atoms with E-state index in [1.165, 1.54) is 0 Å². The summed E-state index contributed by atoms with van der Waals surface area (Å²) in [4.78, 5) is 2.31. The summed E-state index contributed by atoms with van der Waals surface area (Å²) in [7, 11) is 0. The van der Waals surface area contributed by atoms with Crippen molar-refractivity contribution < 1.29 is 9.84 Å². The number of ether oxygens (including phenoxy) is 1. The minimum atomic E-state index is -0.297. The van der Waals surface area contributed by atoms with Crippen molar-refractivity contribution >= 4 is 23.2 Å². The van der Waals surface area contributed by atoms with Crippen LogP contribution in [-0.2, 0) is 12.8 Å². The number of hydrogen-bond acceptors (Lipinski definition) is 5. The number of nitrogens with zero attached hydrogens (tertiary/aromatic N) is 4. The molecule has 2 aliphatic rings. The van der Waals surface area contributed by atoms with E-state index in [2.05, 4.69) is 52.6 Å². The van der Waals surface area contributed by atoms with Crippen LogP contribution in [0.5, 0.6) is 5.75 Å². The summed E-state index contributed by atoms with van der Waals surface area (Å²) in [5, 5.41) is 20.2. The minimum absolute atomic E-state index is 0.0971. The van der Waals surface area contributed by atoms with Gasteiger partial charge in [0.25, 0.3) is 0 Å². The van der Waals surface area contributed by atoms with Crippen LogP contribution in [0.25, 0.3) is 5.69 Å². The van der Waals surface area contributed by atoms with Crippen molar-refractivity contribution in [3.8, 4) is 11.4 Å². The Labute approximate surface area is 210 Å². The first-order valence-corrected chi connectivity index (χ1v) is 12.7. The molecule has 0 bridgehead atoms. The zero-order valence-corrected chi connectivity index (χ0v) is 21.2. The van der Waals surface area contributed by atoms with Crippen LogP contribution in [-0.4, -0.2) is 50.0 Å². The fraction of sp³-hybridized carbons (Fsp3) is 0.462. The lowest BCUT2D eigenvalue weighted by Crippen LogP contribution is -2.39. The van der Waals surface area contributed by atoms with Gasteiger partial charge in [-0.15, -0.1) is 10.2 Å². The van der Waals surface area contributed by atoms with Crippen LogP contribution < -0.4 is 4.74 Å². The molecule has 3 aromatic rings. The van der Waals surface area contributed by atoms with Gasteiger partial charge in [0.15, 0.2) is 0 Å². The van der Waals surface area contributed by atoms with Crippen LogP contribution in [0, 0.1) is 0 Å². The summed E-state index contributed by atoms with van der Waals surface area (Å²) in [5.41, 5.74) is 3.13. The number of likely N-dealkylation sites (tertiary alicyclic amines) is 1. The van der Waals surface area contributed by atoms with Crippen molar-refractivity contribution in [3.05, 3.63) is 69.2 Å². The predicted octanol–water partition coefficient (Wildman–Crippen LogP) is 5.37. The Morgan fingerprint density at radius 1 is 1.15 bits per heavy atom. The van der Waals surface area contributed by atoms with Crippen molar-refractivity contribution in [1.29, 1.82) is 0 Å². The molecule has 0 amide bonds. The van der Waals surface area contributed by atoms with Crippen LogP contribution in [0.3, 0.4) is 0 Å². The van der Waals surface area contributed by atoms with Crippen LogP contribution in [0.15, 0.2) is 36.4 Å². The van der Waals surface area contributed by atoms with Gasteiger partial charge in [0, 0.05) is 46.7 Å². The van der Waals surface area contributed by atoms with Gasteiger partial charge in [-0.25, -0.2) is 0 Å². The third kappa shape index (κ3) is 4.33. The van der Waals surface area contributed by atoms with Gasteiger partial charge in [-0.05, 0) is 54.8 Å². The van der Waals surface area contributed by atoms with Crippen LogP contribution in [0.2, 0.25) is 10.0 Å². The topological polar surface area (TPSA) is 63.4 Å². The van der Waals surface area contributed by atoms with Crippen molar-refractivity contribution in [2.75, 3.05) is 13.1 Å². The van der Waals surface area contributed by atoms with Crippen LogP contribution >= 0.6 is 23.2 Å². The first kappa shape index (κ1) is 23.6. The number of aryl methyl sites for hydroxylation is 1. The van der Waals surface area contributed by atoms with Crippen molar-refractivity contribution in [3.63, 3.8) is 0 Å². The van der Waals surface area contributed by atoms with E-state index < -0.39 is 0 Å². The molecule has 3 atom stereocenters. The standard InChI is InChI=1S/C26H30Cl2N4O2/c1-4-24-29-30-26(15(2)3)32(24)17-5-7-19(8-6-17)34-25-21-11-16(27)12-22(28)20(21)13-23(25)31-10-9-18(33)14-31/h5-8,11-12,15,18,23,25,33H,4,9-10,13-14H2,1-3H3/t18-,23+,25+/m1/s1. The lowest BCUT2D eigenvalue weighted by atomic mass is 10.1. The Morgan fingerprint density at radius 2 is 1.91 bits per heavy atom. The van der Waals surface area contributed by atoms with E-state index in [1.807, 2.05) is 18.2 Å². The van der Waals surface area contributed by atoms with Gasteiger partial charge in [-0.2, -0.15) is 0 Å². The number of aliphatic hydroxyl groups excluding tert-OH is 1. The molecule has 1 N–H and O–H groups in total. The van der Waals surface area contributed by atoms with E-state index in [0.717, 1.165) is 60.0 Å². The number of β-amino-alcohol motifs (C(OH)–C–C–N with tert-alkyl or cyclic N) is 1. The molecular formula is C26H30Cl2N4O2. The maximum absolute atomic E-state index is 10.1. The van der Waals surface area contributed by atoms with Crippen molar-refractivity contribution in [2.45, 2.75) is 64.2 Å². The molecule has 34 heavy (non-hydrogen) atoms. The smallest absolute Gasteiger partial charge is 0.140 e. The van der Waals surface area contributed by atoms with Gasteiger partial charge in [0.2, 0.25) is 0 Å². The minimum Gasteiger partial charge on any atom is -0.484 e. The molecule has 0 unspecified atom stereocenters. The number of hydrogen-bond donors (Lipinski definition) is 1. The van der Waals surface area contributed by atoms with Gasteiger partial charge < -0.3 is 9.84 Å². The normalized spacial score (nSPS) is 22.5. The molecule has 5 rings (SSSR count). The molecule has 1 saturated heterocycles. The monoisotopic (exact) mass is 500 g/mol. The SMILES string of the molecule is CCc1nnc(C(C)C)n1-c1ccc(O[C@H]2c3cc(Cl)cc(Cl)c3C[C@@H]2N2CC[C@@H](O)C2)cc1. The summed E-state index contributed by atoms with van der Waals surface area (Å²) in [6.45, 7) is 7.83. The quantitative estimate of drug-likeness (QED) is 0.492. The maximum atomic E-state index is 10.1. The third-order valence-electron chi connectivity index (χ3n) is 6.87. The Morgan fingerprint density at radius 3 is 2.56 bits per heavy atom. The molecule has 1 fully saturated rings. The summed E-state index contributed by atoms with van der Waals surface area (Å²) < 4.78 is 8.73. The fourth-order valence-corrected chi connectivity index (χ4v) is 5.77. The number of aliphatic hydroxyl groups is 1. The van der Waals surface area contributed by atoms with Gasteiger partial charge >= 0.3 is 0 Å². The van der Waals surface area contributed by atoms with Gasteiger partial charge in [-0.1, -0.05) is 44.0 Å². The lowest BCUT2D eigenvalue weighted by molar-refractivity contribution is 0.0818. The maximum Gasteiger partial charge on any atom is 0.140 e. The lowest BCUT2D eigenvalue weighted by Gasteiger charge is -2.30. The van der Waals surface area contributed by atoms with Crippen molar-refractivity contribution in [1.82, 2.24) is 19.7 Å². The van der Waals surface area contributed by atoms with E-state index >= 15 is 0 Å². The number of rotatable bonds is 6. The molecule has 1 aromatic heterocycles. The van der Waals surface area contributed by atoms with Gasteiger partial charge in [0.05, 0.1) is 12.1 Å². The Kier molecular flexibility index (Phi) is 6.60. The zero-order valence-electron chi connectivity index (χ0n) is 19.7. The van der Waals surface area contributed by atoms with E-state index in [-0.39, 0.29) is 24.2 Å². The average Bonchev–Trinajstić information content (AvgIpc) is 3.51. The molecule has 0 spiro atoms. The molecule has 0 radical (unpaired) electrons. The fourth-order valence-electron chi connectivity index (χ4n) is 5.18. The van der Waals surface area contributed by atoms with Gasteiger partial charge in [-0.3, -0.25) is 9.47 Å².